The fourth-order valence-corrected chi connectivity index (χ4v) is 5.79. The zero-order chi connectivity index (χ0) is 27.1. The predicted molar refractivity (Wildman–Crippen MR) is 143 cm³/mol. The number of sulfonamides is 1. The number of hydrogen-bond donors (Lipinski definition) is 1. The van der Waals surface area contributed by atoms with Gasteiger partial charge in [0.2, 0.25) is 11.8 Å². The minimum atomic E-state index is -4.07. The number of anilines is 1. The Bertz CT molecular complexity index is 1390. The minimum absolute atomic E-state index is 0.0585. The lowest BCUT2D eigenvalue weighted by Crippen LogP contribution is -2.40. The number of likely N-dealkylation sites (tertiary alicyclic amines) is 1. The second kappa shape index (κ2) is 12.0. The van der Waals surface area contributed by atoms with Crippen LogP contribution in [0.2, 0.25) is 0 Å². The molecule has 38 heavy (non-hydrogen) atoms. The number of nitrogens with one attached hydrogen (secondary N) is 1. The van der Waals surface area contributed by atoms with E-state index in [0.29, 0.717) is 24.5 Å². The van der Waals surface area contributed by atoms with Crippen molar-refractivity contribution in [1.29, 1.82) is 0 Å². The Balaban J connectivity index is 1.56. The van der Waals surface area contributed by atoms with Gasteiger partial charge in [-0.15, -0.1) is 0 Å². The van der Waals surface area contributed by atoms with Crippen LogP contribution < -0.4 is 19.1 Å². The fraction of sp³-hybridized carbons (Fsp3) is 0.286. The quantitative estimate of drug-likeness (QED) is 0.402. The highest BCUT2D eigenvalue weighted by molar-refractivity contribution is 7.92. The average molecular weight is 538 g/mol. The van der Waals surface area contributed by atoms with E-state index in [2.05, 4.69) is 5.32 Å². The molecule has 0 unspecified atom stereocenters. The maximum absolute atomic E-state index is 13.6. The Morgan fingerprint density at radius 2 is 1.63 bits per heavy atom. The lowest BCUT2D eigenvalue weighted by Gasteiger charge is -2.25. The van der Waals surface area contributed by atoms with Gasteiger partial charge in [0, 0.05) is 32.1 Å². The van der Waals surface area contributed by atoms with Crippen molar-refractivity contribution in [2.75, 3.05) is 31.6 Å². The van der Waals surface area contributed by atoms with Crippen LogP contribution in [0.15, 0.2) is 77.7 Å². The average Bonchev–Trinajstić information content (AvgIpc) is 3.35. The summed E-state index contributed by atoms with van der Waals surface area (Å²) in [5.41, 5.74) is 2.07. The smallest absolute Gasteiger partial charge is 0.264 e. The van der Waals surface area contributed by atoms with Crippen molar-refractivity contribution in [2.45, 2.75) is 30.8 Å². The first kappa shape index (κ1) is 27.0. The van der Waals surface area contributed by atoms with Crippen LogP contribution in [-0.4, -0.2) is 52.4 Å². The monoisotopic (exact) mass is 537 g/mol. The summed E-state index contributed by atoms with van der Waals surface area (Å²) in [5, 5.41) is 2.85. The normalized spacial score (nSPS) is 13.3. The van der Waals surface area contributed by atoms with E-state index < -0.39 is 22.5 Å². The number of ether oxygens (including phenoxy) is 2. The summed E-state index contributed by atoms with van der Waals surface area (Å²) < 4.78 is 38.9. The Kier molecular flexibility index (Phi) is 8.52. The largest absolute Gasteiger partial charge is 0.493 e. The van der Waals surface area contributed by atoms with Crippen LogP contribution in [0.4, 0.5) is 5.69 Å². The summed E-state index contributed by atoms with van der Waals surface area (Å²) in [6.45, 7) is 0.948. The van der Waals surface area contributed by atoms with Gasteiger partial charge in [-0.25, -0.2) is 8.42 Å². The number of hydrogen-bond acceptors (Lipinski definition) is 6. The molecule has 0 aromatic heterocycles. The van der Waals surface area contributed by atoms with Gasteiger partial charge in [-0.05, 0) is 41.8 Å². The molecule has 1 aliphatic rings. The second-order valence-electron chi connectivity index (χ2n) is 8.83. The topological polar surface area (TPSA) is 105 Å². The van der Waals surface area contributed by atoms with Crippen LogP contribution in [0.5, 0.6) is 11.5 Å². The number of amides is 2. The highest BCUT2D eigenvalue weighted by atomic mass is 32.2. The number of nitrogens with zero attached hydrogens (tertiary/aromatic N) is 2. The standard InChI is InChI=1S/C28H31N3O6S/c1-36-25-15-14-23(17-26(25)37-2)31(38(34,35)24-11-4-3-5-12-24)20-27(32)29-18-21-9-6-7-10-22(21)19-30-16-8-13-28(30)33/h3-7,9-12,14-15,17H,8,13,16,18-20H2,1-2H3,(H,29,32). The van der Waals surface area contributed by atoms with Crippen LogP contribution in [0.25, 0.3) is 0 Å². The van der Waals surface area contributed by atoms with Gasteiger partial charge in [-0.1, -0.05) is 42.5 Å². The number of carbonyl (C=O) groups is 2. The van der Waals surface area contributed by atoms with Gasteiger partial charge in [0.15, 0.2) is 11.5 Å². The van der Waals surface area contributed by atoms with E-state index in [0.717, 1.165) is 28.4 Å². The molecule has 1 N–H and O–H groups in total. The van der Waals surface area contributed by atoms with Gasteiger partial charge in [-0.3, -0.25) is 13.9 Å². The molecule has 0 bridgehead atoms. The first-order valence-corrected chi connectivity index (χ1v) is 13.7. The maximum atomic E-state index is 13.6. The fourth-order valence-electron chi connectivity index (χ4n) is 4.36. The number of carbonyl (C=O) groups excluding carboxylic acids is 2. The van der Waals surface area contributed by atoms with Crippen molar-refractivity contribution in [2.24, 2.45) is 0 Å². The van der Waals surface area contributed by atoms with Crippen LogP contribution in [-0.2, 0) is 32.7 Å². The summed E-state index contributed by atoms with van der Waals surface area (Å²) in [5.74, 6) is 0.418. The van der Waals surface area contributed by atoms with Crippen molar-refractivity contribution in [1.82, 2.24) is 10.2 Å². The predicted octanol–water partition coefficient (Wildman–Crippen LogP) is 3.34. The van der Waals surface area contributed by atoms with Crippen LogP contribution in [0.3, 0.4) is 0 Å². The van der Waals surface area contributed by atoms with Gasteiger partial charge < -0.3 is 19.7 Å². The molecule has 10 heteroatoms. The zero-order valence-corrected chi connectivity index (χ0v) is 22.2. The molecule has 0 atom stereocenters. The van der Waals surface area contributed by atoms with Crippen molar-refractivity contribution in [3.63, 3.8) is 0 Å². The van der Waals surface area contributed by atoms with E-state index in [1.807, 2.05) is 29.2 Å². The summed E-state index contributed by atoms with van der Waals surface area (Å²) >= 11 is 0. The molecule has 1 saturated heterocycles. The lowest BCUT2D eigenvalue weighted by molar-refractivity contribution is -0.128. The summed E-state index contributed by atoms with van der Waals surface area (Å²) in [6, 6.07) is 20.2. The van der Waals surface area contributed by atoms with E-state index in [4.69, 9.17) is 9.47 Å². The highest BCUT2D eigenvalue weighted by Crippen LogP contribution is 2.33. The third-order valence-electron chi connectivity index (χ3n) is 6.40. The molecular formula is C28H31N3O6S. The summed E-state index contributed by atoms with van der Waals surface area (Å²) in [6.07, 6.45) is 1.40. The molecular weight excluding hydrogens is 506 g/mol. The third kappa shape index (κ3) is 6.08. The first-order valence-electron chi connectivity index (χ1n) is 12.2. The molecule has 200 valence electrons. The molecule has 1 heterocycles. The Morgan fingerprint density at radius 3 is 2.29 bits per heavy atom. The SMILES string of the molecule is COc1ccc(N(CC(=O)NCc2ccccc2CN2CCCC2=O)S(=O)(=O)c2ccccc2)cc1OC. The van der Waals surface area contributed by atoms with Crippen LogP contribution in [0, 0.1) is 0 Å². The van der Waals surface area contributed by atoms with E-state index >= 15 is 0 Å². The molecule has 4 rings (SSSR count). The molecule has 3 aromatic rings. The first-order chi connectivity index (χ1) is 18.3. The van der Waals surface area contributed by atoms with Gasteiger partial charge in [0.1, 0.15) is 6.54 Å². The summed E-state index contributed by atoms with van der Waals surface area (Å²) in [7, 11) is -1.13. The molecule has 1 aliphatic heterocycles. The van der Waals surface area contributed by atoms with E-state index in [1.54, 1.807) is 30.3 Å². The Labute approximate surface area is 223 Å². The molecule has 0 aliphatic carbocycles. The lowest BCUT2D eigenvalue weighted by atomic mass is 10.1. The molecule has 2 amide bonds. The van der Waals surface area contributed by atoms with Crippen LogP contribution >= 0.6 is 0 Å². The van der Waals surface area contributed by atoms with Crippen molar-refractivity contribution in [3.05, 3.63) is 83.9 Å². The minimum Gasteiger partial charge on any atom is -0.493 e. The van der Waals surface area contributed by atoms with E-state index in [-0.39, 0.29) is 23.0 Å². The molecule has 1 fully saturated rings. The van der Waals surface area contributed by atoms with E-state index in [9.17, 15) is 18.0 Å². The highest BCUT2D eigenvalue weighted by Gasteiger charge is 2.28. The van der Waals surface area contributed by atoms with Crippen molar-refractivity contribution in [3.8, 4) is 11.5 Å². The number of rotatable bonds is 11. The van der Waals surface area contributed by atoms with Gasteiger partial charge in [0.05, 0.1) is 24.8 Å². The van der Waals surface area contributed by atoms with E-state index in [1.165, 1.54) is 32.4 Å². The number of methoxy groups -OCH3 is 2. The van der Waals surface area contributed by atoms with Crippen molar-refractivity contribution >= 4 is 27.5 Å². The Hall–Kier alpha value is -4.05. The van der Waals surface area contributed by atoms with Gasteiger partial charge in [-0.2, -0.15) is 0 Å². The molecule has 3 aromatic carbocycles. The van der Waals surface area contributed by atoms with Gasteiger partial charge >= 0.3 is 0 Å². The van der Waals surface area contributed by atoms with Crippen LogP contribution in [0.1, 0.15) is 24.0 Å². The molecule has 0 spiro atoms. The third-order valence-corrected chi connectivity index (χ3v) is 8.19. The second-order valence-corrected chi connectivity index (χ2v) is 10.7. The van der Waals surface area contributed by atoms with Crippen molar-refractivity contribution < 1.29 is 27.5 Å². The summed E-state index contributed by atoms with van der Waals surface area (Å²) in [4.78, 5) is 27.1. The molecule has 0 saturated carbocycles. The number of benzene rings is 3. The zero-order valence-electron chi connectivity index (χ0n) is 21.4. The molecule has 9 nitrogen and oxygen atoms in total. The Morgan fingerprint density at radius 1 is 0.947 bits per heavy atom. The maximum Gasteiger partial charge on any atom is 0.264 e. The molecule has 0 radical (unpaired) electrons. The van der Waals surface area contributed by atoms with Gasteiger partial charge in [0.25, 0.3) is 10.0 Å².